The zero-order valence-electron chi connectivity index (χ0n) is 7.13. The van der Waals surface area contributed by atoms with E-state index in [0.29, 0.717) is 0 Å². The third-order valence-electron chi connectivity index (χ3n) is 1.57. The summed E-state index contributed by atoms with van der Waals surface area (Å²) in [5.74, 6) is 0. The van der Waals surface area contributed by atoms with Gasteiger partial charge >= 0.3 is 0 Å². The summed E-state index contributed by atoms with van der Waals surface area (Å²) in [6, 6.07) is 1.97. The molecule has 0 fully saturated rings. The third-order valence-corrected chi connectivity index (χ3v) is 1.57. The predicted molar refractivity (Wildman–Crippen MR) is 47.5 cm³/mol. The minimum Gasteiger partial charge on any atom is -0.259 e. The van der Waals surface area contributed by atoms with Gasteiger partial charge in [-0.15, -0.1) is 0 Å². The van der Waals surface area contributed by atoms with Crippen molar-refractivity contribution in [2.24, 2.45) is 4.99 Å². The van der Waals surface area contributed by atoms with E-state index in [1.165, 1.54) is 5.56 Å². The standard InChI is InChI=1S/C9H12N2/c1-4-10-9-7(2)5-6-11-8(9)3/h4-6H,1-3H3. The average molecular weight is 148 g/mol. The minimum atomic E-state index is 0.989. The van der Waals surface area contributed by atoms with Crippen LogP contribution in [0.5, 0.6) is 0 Å². The lowest BCUT2D eigenvalue weighted by Gasteiger charge is -2.00. The van der Waals surface area contributed by atoms with E-state index in [4.69, 9.17) is 0 Å². The van der Waals surface area contributed by atoms with Gasteiger partial charge in [0.1, 0.15) is 0 Å². The lowest BCUT2D eigenvalue weighted by molar-refractivity contribution is 1.16. The topological polar surface area (TPSA) is 25.2 Å². The molecule has 1 aromatic rings. The van der Waals surface area contributed by atoms with E-state index in [1.54, 1.807) is 12.4 Å². The summed E-state index contributed by atoms with van der Waals surface area (Å²) in [7, 11) is 0. The van der Waals surface area contributed by atoms with Gasteiger partial charge in [-0.1, -0.05) is 0 Å². The van der Waals surface area contributed by atoms with Crippen LogP contribution < -0.4 is 0 Å². The molecule has 0 aromatic carbocycles. The molecule has 0 bridgehead atoms. The van der Waals surface area contributed by atoms with Crippen LogP contribution in [0, 0.1) is 13.8 Å². The van der Waals surface area contributed by atoms with E-state index in [-0.39, 0.29) is 0 Å². The smallest absolute Gasteiger partial charge is 0.0867 e. The Bertz CT molecular complexity index is 257. The summed E-state index contributed by atoms with van der Waals surface area (Å²) < 4.78 is 0. The van der Waals surface area contributed by atoms with E-state index in [2.05, 4.69) is 9.98 Å². The number of rotatable bonds is 1. The highest BCUT2D eigenvalue weighted by atomic mass is 14.8. The second-order valence-electron chi connectivity index (χ2n) is 2.45. The first-order valence-electron chi connectivity index (χ1n) is 3.66. The molecule has 1 rings (SSSR count). The van der Waals surface area contributed by atoms with Crippen molar-refractivity contribution in [2.45, 2.75) is 20.8 Å². The molecule has 0 N–H and O–H groups in total. The monoisotopic (exact) mass is 148 g/mol. The summed E-state index contributed by atoms with van der Waals surface area (Å²) in [5.41, 5.74) is 3.16. The van der Waals surface area contributed by atoms with Crippen LogP contribution in [0.4, 0.5) is 5.69 Å². The highest BCUT2D eigenvalue weighted by Gasteiger charge is 1.98. The SMILES string of the molecule is CC=Nc1c(C)ccnc1C. The Morgan fingerprint density at radius 2 is 2.18 bits per heavy atom. The molecule has 0 unspecified atom stereocenters. The number of aryl methyl sites for hydroxylation is 2. The van der Waals surface area contributed by atoms with Gasteiger partial charge in [0.15, 0.2) is 0 Å². The maximum atomic E-state index is 4.22. The minimum absolute atomic E-state index is 0.989. The fourth-order valence-corrected chi connectivity index (χ4v) is 1.01. The van der Waals surface area contributed by atoms with E-state index in [0.717, 1.165) is 11.4 Å². The molecule has 0 saturated heterocycles. The third kappa shape index (κ3) is 1.64. The van der Waals surface area contributed by atoms with Crippen LogP contribution in [0.3, 0.4) is 0 Å². The molecule has 0 aliphatic heterocycles. The van der Waals surface area contributed by atoms with Crippen molar-refractivity contribution in [1.29, 1.82) is 0 Å². The zero-order chi connectivity index (χ0) is 8.27. The first-order valence-corrected chi connectivity index (χ1v) is 3.66. The van der Waals surface area contributed by atoms with Gasteiger partial charge in [0.25, 0.3) is 0 Å². The van der Waals surface area contributed by atoms with Crippen LogP contribution in [0.2, 0.25) is 0 Å². The zero-order valence-corrected chi connectivity index (χ0v) is 7.13. The predicted octanol–water partition coefficient (Wildman–Crippen LogP) is 2.42. The summed E-state index contributed by atoms with van der Waals surface area (Å²) in [6.07, 6.45) is 3.59. The number of pyridine rings is 1. The molecule has 1 heterocycles. The van der Waals surface area contributed by atoms with Crippen LogP contribution in [0.15, 0.2) is 17.3 Å². The summed E-state index contributed by atoms with van der Waals surface area (Å²) in [6.45, 7) is 5.91. The molecular formula is C9H12N2. The Balaban J connectivity index is 3.20. The van der Waals surface area contributed by atoms with Crippen molar-refractivity contribution in [1.82, 2.24) is 4.98 Å². The first-order chi connectivity index (χ1) is 5.25. The number of hydrogen-bond donors (Lipinski definition) is 0. The maximum absolute atomic E-state index is 4.22. The molecule has 0 aliphatic rings. The molecule has 0 aliphatic carbocycles. The molecule has 0 spiro atoms. The lowest BCUT2D eigenvalue weighted by atomic mass is 10.2. The van der Waals surface area contributed by atoms with E-state index in [9.17, 15) is 0 Å². The van der Waals surface area contributed by atoms with Gasteiger partial charge in [0, 0.05) is 12.4 Å². The van der Waals surface area contributed by atoms with E-state index >= 15 is 0 Å². The molecule has 0 amide bonds. The maximum Gasteiger partial charge on any atom is 0.0867 e. The first kappa shape index (κ1) is 7.92. The van der Waals surface area contributed by atoms with Gasteiger partial charge < -0.3 is 0 Å². The van der Waals surface area contributed by atoms with Crippen molar-refractivity contribution >= 4 is 11.9 Å². The Hall–Kier alpha value is -1.18. The molecule has 2 heteroatoms. The molecule has 11 heavy (non-hydrogen) atoms. The highest BCUT2D eigenvalue weighted by molar-refractivity contribution is 5.63. The molecule has 0 saturated carbocycles. The largest absolute Gasteiger partial charge is 0.259 e. The lowest BCUT2D eigenvalue weighted by Crippen LogP contribution is -1.83. The van der Waals surface area contributed by atoms with Crippen LogP contribution in [0.1, 0.15) is 18.2 Å². The van der Waals surface area contributed by atoms with Crippen molar-refractivity contribution in [3.8, 4) is 0 Å². The molecule has 58 valence electrons. The van der Waals surface area contributed by atoms with Crippen LogP contribution in [-0.2, 0) is 0 Å². The summed E-state index contributed by atoms with van der Waals surface area (Å²) in [5, 5.41) is 0. The second kappa shape index (κ2) is 3.28. The molecule has 1 aromatic heterocycles. The average Bonchev–Trinajstić information content (AvgIpc) is 1.97. The fraction of sp³-hybridized carbons (Fsp3) is 0.333. The number of aromatic nitrogens is 1. The van der Waals surface area contributed by atoms with Crippen molar-refractivity contribution in [3.63, 3.8) is 0 Å². The number of aliphatic imine (C=N–C) groups is 1. The number of hydrogen-bond acceptors (Lipinski definition) is 2. The van der Waals surface area contributed by atoms with Gasteiger partial charge in [0.05, 0.1) is 11.4 Å². The summed E-state index contributed by atoms with van der Waals surface area (Å²) >= 11 is 0. The van der Waals surface area contributed by atoms with Crippen molar-refractivity contribution in [2.75, 3.05) is 0 Å². The van der Waals surface area contributed by atoms with Crippen molar-refractivity contribution in [3.05, 3.63) is 23.5 Å². The Morgan fingerprint density at radius 3 is 2.73 bits per heavy atom. The van der Waals surface area contributed by atoms with Gasteiger partial charge in [-0.05, 0) is 32.4 Å². The van der Waals surface area contributed by atoms with Crippen LogP contribution in [0.25, 0.3) is 0 Å². The molecule has 0 radical (unpaired) electrons. The summed E-state index contributed by atoms with van der Waals surface area (Å²) in [4.78, 5) is 8.36. The molecular weight excluding hydrogens is 136 g/mol. The second-order valence-corrected chi connectivity index (χ2v) is 2.45. The van der Waals surface area contributed by atoms with Gasteiger partial charge in [-0.3, -0.25) is 9.98 Å². The Labute approximate surface area is 67.0 Å². The van der Waals surface area contributed by atoms with Crippen LogP contribution in [-0.4, -0.2) is 11.2 Å². The van der Waals surface area contributed by atoms with Gasteiger partial charge in [-0.2, -0.15) is 0 Å². The highest BCUT2D eigenvalue weighted by Crippen LogP contribution is 2.19. The molecule has 2 nitrogen and oxygen atoms in total. The van der Waals surface area contributed by atoms with Crippen molar-refractivity contribution < 1.29 is 0 Å². The number of nitrogens with zero attached hydrogens (tertiary/aromatic N) is 2. The van der Waals surface area contributed by atoms with Gasteiger partial charge in [0.2, 0.25) is 0 Å². The van der Waals surface area contributed by atoms with Gasteiger partial charge in [-0.25, -0.2) is 0 Å². The van der Waals surface area contributed by atoms with E-state index < -0.39 is 0 Å². The Kier molecular flexibility index (Phi) is 2.36. The quantitative estimate of drug-likeness (QED) is 0.561. The Morgan fingerprint density at radius 1 is 1.45 bits per heavy atom. The fourth-order valence-electron chi connectivity index (χ4n) is 1.01. The van der Waals surface area contributed by atoms with E-state index in [1.807, 2.05) is 26.8 Å². The van der Waals surface area contributed by atoms with Crippen LogP contribution >= 0.6 is 0 Å². The molecule has 0 atom stereocenters. The normalized spacial score (nSPS) is 10.8.